The van der Waals surface area contributed by atoms with Crippen molar-refractivity contribution in [3.63, 3.8) is 0 Å². The van der Waals surface area contributed by atoms with E-state index in [4.69, 9.17) is 11.6 Å². The molecule has 2 heterocycles. The number of aromatic hydroxyl groups is 1. The third-order valence-corrected chi connectivity index (χ3v) is 5.28. The van der Waals surface area contributed by atoms with Gasteiger partial charge in [-0.05, 0) is 36.4 Å². The topological polar surface area (TPSA) is 83.3 Å². The Balaban J connectivity index is 1.75. The van der Waals surface area contributed by atoms with E-state index in [9.17, 15) is 9.90 Å². The maximum absolute atomic E-state index is 13.1. The lowest BCUT2D eigenvalue weighted by molar-refractivity contribution is 0.436. The van der Waals surface area contributed by atoms with E-state index in [0.29, 0.717) is 32.7 Å². The standard InChI is InChI=1S/C23H15ClN4O2/c24-19-7-3-4-8-21(19)28-22(29)17-6-2-1-5-16(17)18(23(28)30)13-25-15-10-9-14-12-26-27-20(14)11-15/h1-13,30H,(H,26,27). The molecule has 5 aromatic rings. The van der Waals surface area contributed by atoms with Gasteiger partial charge in [0.05, 0.1) is 33.7 Å². The molecule has 0 saturated carbocycles. The van der Waals surface area contributed by atoms with Gasteiger partial charge in [0, 0.05) is 22.4 Å². The zero-order valence-corrected chi connectivity index (χ0v) is 16.3. The fraction of sp³-hybridized carbons (Fsp3) is 0. The second-order valence-electron chi connectivity index (χ2n) is 6.77. The molecule has 5 rings (SSSR count). The minimum Gasteiger partial charge on any atom is -0.494 e. The van der Waals surface area contributed by atoms with Crippen LogP contribution >= 0.6 is 11.6 Å². The zero-order chi connectivity index (χ0) is 20.7. The van der Waals surface area contributed by atoms with E-state index < -0.39 is 0 Å². The first-order valence-electron chi connectivity index (χ1n) is 9.22. The first kappa shape index (κ1) is 18.1. The van der Waals surface area contributed by atoms with Crippen LogP contribution in [0.1, 0.15) is 5.56 Å². The molecule has 0 fully saturated rings. The molecule has 0 aliphatic carbocycles. The summed E-state index contributed by atoms with van der Waals surface area (Å²) in [5, 5.41) is 20.4. The van der Waals surface area contributed by atoms with Crippen molar-refractivity contribution < 1.29 is 5.11 Å². The van der Waals surface area contributed by atoms with Gasteiger partial charge in [-0.1, -0.05) is 41.9 Å². The number of aliphatic imine (C=N–C) groups is 1. The lowest BCUT2D eigenvalue weighted by atomic mass is 10.1. The van der Waals surface area contributed by atoms with Crippen LogP contribution in [0.25, 0.3) is 27.4 Å². The van der Waals surface area contributed by atoms with Gasteiger partial charge in [-0.25, -0.2) is 4.57 Å². The number of pyridine rings is 1. The van der Waals surface area contributed by atoms with E-state index >= 15 is 0 Å². The number of aromatic amines is 1. The summed E-state index contributed by atoms with van der Waals surface area (Å²) >= 11 is 6.31. The van der Waals surface area contributed by atoms with Crippen LogP contribution in [0.5, 0.6) is 5.88 Å². The van der Waals surface area contributed by atoms with Crippen LogP contribution in [0, 0.1) is 0 Å². The molecule has 7 heteroatoms. The molecule has 6 nitrogen and oxygen atoms in total. The molecular weight excluding hydrogens is 400 g/mol. The van der Waals surface area contributed by atoms with Gasteiger partial charge in [0.2, 0.25) is 5.88 Å². The van der Waals surface area contributed by atoms with Crippen LogP contribution in [0.15, 0.2) is 82.7 Å². The summed E-state index contributed by atoms with van der Waals surface area (Å²) < 4.78 is 1.21. The number of halogens is 1. The molecule has 0 saturated heterocycles. The molecule has 146 valence electrons. The molecule has 3 aromatic carbocycles. The molecule has 0 radical (unpaired) electrons. The normalized spacial score (nSPS) is 11.6. The maximum Gasteiger partial charge on any atom is 0.265 e. The summed E-state index contributed by atoms with van der Waals surface area (Å²) in [7, 11) is 0. The monoisotopic (exact) mass is 414 g/mol. The summed E-state index contributed by atoms with van der Waals surface area (Å²) in [5.74, 6) is -0.224. The van der Waals surface area contributed by atoms with E-state index in [-0.39, 0.29) is 11.4 Å². The molecule has 30 heavy (non-hydrogen) atoms. The molecule has 0 amide bonds. The second kappa shape index (κ2) is 7.17. The summed E-state index contributed by atoms with van der Waals surface area (Å²) in [6.07, 6.45) is 3.30. The predicted octanol–water partition coefficient (Wildman–Crippen LogP) is 4.98. The highest BCUT2D eigenvalue weighted by Gasteiger charge is 2.17. The first-order valence-corrected chi connectivity index (χ1v) is 9.60. The number of para-hydroxylation sites is 1. The predicted molar refractivity (Wildman–Crippen MR) is 120 cm³/mol. The van der Waals surface area contributed by atoms with Gasteiger partial charge in [0.15, 0.2) is 0 Å². The number of nitrogens with zero attached hydrogens (tertiary/aromatic N) is 3. The largest absolute Gasteiger partial charge is 0.494 e. The number of H-pyrrole nitrogens is 1. The number of fused-ring (bicyclic) bond motifs is 2. The Kier molecular flexibility index (Phi) is 4.34. The molecule has 0 bridgehead atoms. The molecule has 2 aromatic heterocycles. The van der Waals surface area contributed by atoms with Crippen molar-refractivity contribution >= 4 is 45.2 Å². The van der Waals surface area contributed by atoms with Gasteiger partial charge < -0.3 is 5.11 Å². The fourth-order valence-electron chi connectivity index (χ4n) is 3.49. The summed E-state index contributed by atoms with van der Waals surface area (Å²) in [4.78, 5) is 17.7. The van der Waals surface area contributed by atoms with E-state index in [2.05, 4.69) is 15.2 Å². The zero-order valence-electron chi connectivity index (χ0n) is 15.6. The Hall–Kier alpha value is -3.90. The SMILES string of the molecule is O=c1c2ccccc2c(C=Nc2ccc3cn[nH]c3c2)c(O)n1-c1ccccc1Cl. The van der Waals surface area contributed by atoms with Crippen molar-refractivity contribution in [1.82, 2.24) is 14.8 Å². The number of hydrogen-bond donors (Lipinski definition) is 2. The minimum absolute atomic E-state index is 0.224. The number of benzene rings is 3. The van der Waals surface area contributed by atoms with Crippen LogP contribution in [0.2, 0.25) is 5.02 Å². The maximum atomic E-state index is 13.1. The lowest BCUT2D eigenvalue weighted by Crippen LogP contribution is -2.20. The Morgan fingerprint density at radius 3 is 2.63 bits per heavy atom. The highest BCUT2D eigenvalue weighted by atomic mass is 35.5. The molecule has 2 N–H and O–H groups in total. The van der Waals surface area contributed by atoms with Crippen LogP contribution in [-0.4, -0.2) is 26.1 Å². The Bertz CT molecular complexity index is 1500. The molecule has 0 atom stereocenters. The average molecular weight is 415 g/mol. The number of rotatable bonds is 3. The van der Waals surface area contributed by atoms with Crippen LogP contribution in [0.4, 0.5) is 5.69 Å². The third-order valence-electron chi connectivity index (χ3n) is 4.97. The molecule has 0 aliphatic heterocycles. The van der Waals surface area contributed by atoms with Crippen molar-refractivity contribution in [2.75, 3.05) is 0 Å². The highest BCUT2D eigenvalue weighted by molar-refractivity contribution is 6.32. The van der Waals surface area contributed by atoms with E-state index in [0.717, 1.165) is 10.9 Å². The molecule has 0 aliphatic rings. The van der Waals surface area contributed by atoms with Crippen molar-refractivity contribution in [2.45, 2.75) is 0 Å². The van der Waals surface area contributed by atoms with Crippen molar-refractivity contribution in [3.05, 3.63) is 93.9 Å². The van der Waals surface area contributed by atoms with Crippen LogP contribution in [0.3, 0.4) is 0 Å². The minimum atomic E-state index is -0.354. The average Bonchev–Trinajstić information content (AvgIpc) is 3.23. The fourth-order valence-corrected chi connectivity index (χ4v) is 3.71. The van der Waals surface area contributed by atoms with E-state index in [1.165, 1.54) is 4.57 Å². The van der Waals surface area contributed by atoms with Gasteiger partial charge in [0.1, 0.15) is 0 Å². The first-order chi connectivity index (χ1) is 14.6. The number of nitrogens with one attached hydrogen (secondary N) is 1. The quantitative estimate of drug-likeness (QED) is 0.408. The summed E-state index contributed by atoms with van der Waals surface area (Å²) in [6, 6.07) is 19.6. The van der Waals surface area contributed by atoms with Gasteiger partial charge in [-0.3, -0.25) is 14.9 Å². The smallest absolute Gasteiger partial charge is 0.265 e. The van der Waals surface area contributed by atoms with E-state index in [1.54, 1.807) is 54.9 Å². The number of hydrogen-bond acceptors (Lipinski definition) is 4. The molecule has 0 unspecified atom stereocenters. The number of aromatic nitrogens is 3. The summed E-state index contributed by atoms with van der Waals surface area (Å²) in [6.45, 7) is 0. The van der Waals surface area contributed by atoms with Gasteiger partial charge >= 0.3 is 0 Å². The third kappa shape index (κ3) is 2.94. The Morgan fingerprint density at radius 1 is 1.03 bits per heavy atom. The van der Waals surface area contributed by atoms with Gasteiger partial charge in [-0.2, -0.15) is 5.10 Å². The van der Waals surface area contributed by atoms with Crippen LogP contribution < -0.4 is 5.56 Å². The summed E-state index contributed by atoms with van der Waals surface area (Å²) in [5.41, 5.74) is 2.02. The van der Waals surface area contributed by atoms with Crippen molar-refractivity contribution in [2.24, 2.45) is 4.99 Å². The van der Waals surface area contributed by atoms with Crippen molar-refractivity contribution in [3.8, 4) is 11.6 Å². The Labute approximate surface area is 175 Å². The highest BCUT2D eigenvalue weighted by Crippen LogP contribution is 2.29. The molecular formula is C23H15ClN4O2. The van der Waals surface area contributed by atoms with Gasteiger partial charge in [0.25, 0.3) is 5.56 Å². The van der Waals surface area contributed by atoms with Crippen molar-refractivity contribution in [1.29, 1.82) is 0 Å². The second-order valence-corrected chi connectivity index (χ2v) is 7.18. The van der Waals surface area contributed by atoms with Gasteiger partial charge in [-0.15, -0.1) is 0 Å². The lowest BCUT2D eigenvalue weighted by Gasteiger charge is -2.14. The Morgan fingerprint density at radius 2 is 1.80 bits per heavy atom. The molecule has 0 spiro atoms. The van der Waals surface area contributed by atoms with E-state index in [1.807, 2.05) is 24.3 Å². The van der Waals surface area contributed by atoms with Crippen LogP contribution in [-0.2, 0) is 0 Å².